The summed E-state index contributed by atoms with van der Waals surface area (Å²) in [6.45, 7) is 11.1. The van der Waals surface area contributed by atoms with Crippen LogP contribution in [0.15, 0.2) is 24.4 Å². The van der Waals surface area contributed by atoms with Gasteiger partial charge in [0, 0.05) is 44.7 Å². The molecule has 1 amide bonds. The average molecular weight is 399 g/mol. The molecule has 2 N–H and O–H groups in total. The van der Waals surface area contributed by atoms with Gasteiger partial charge in [0.2, 0.25) is 5.91 Å². The molecule has 0 saturated carbocycles. The van der Waals surface area contributed by atoms with E-state index in [9.17, 15) is 4.79 Å². The van der Waals surface area contributed by atoms with Crippen molar-refractivity contribution in [3.8, 4) is 10.4 Å². The van der Waals surface area contributed by atoms with E-state index in [1.54, 1.807) is 6.92 Å². The number of thiazole rings is 1. The molecule has 3 heterocycles. The van der Waals surface area contributed by atoms with Crippen molar-refractivity contribution in [2.24, 2.45) is 5.92 Å². The zero-order valence-electron chi connectivity index (χ0n) is 17.0. The van der Waals surface area contributed by atoms with Crippen molar-refractivity contribution in [1.82, 2.24) is 20.5 Å². The number of aromatic nitrogens is 1. The zero-order valence-corrected chi connectivity index (χ0v) is 17.8. The van der Waals surface area contributed by atoms with Crippen molar-refractivity contribution < 1.29 is 4.79 Å². The molecule has 6 heteroatoms. The molecule has 1 aromatic heterocycles. The zero-order chi connectivity index (χ0) is 19.7. The SMILES string of the molecule is CC(=O)NCc1ccc(-c2cnc(C3CN(C(C)C)C3)s2)cc1CC1CNC1. The van der Waals surface area contributed by atoms with Gasteiger partial charge in [-0.25, -0.2) is 4.98 Å². The second-order valence-corrected chi connectivity index (χ2v) is 9.49. The summed E-state index contributed by atoms with van der Waals surface area (Å²) in [6.07, 6.45) is 3.10. The Kier molecular flexibility index (Phi) is 5.80. The van der Waals surface area contributed by atoms with E-state index < -0.39 is 0 Å². The van der Waals surface area contributed by atoms with Crippen LogP contribution in [0.3, 0.4) is 0 Å². The summed E-state index contributed by atoms with van der Waals surface area (Å²) in [5, 5.41) is 7.57. The summed E-state index contributed by atoms with van der Waals surface area (Å²) >= 11 is 1.84. The molecule has 1 aromatic carbocycles. The Balaban J connectivity index is 1.51. The Bertz CT molecular complexity index is 837. The van der Waals surface area contributed by atoms with Crippen molar-refractivity contribution in [2.45, 2.75) is 45.7 Å². The van der Waals surface area contributed by atoms with Crippen molar-refractivity contribution >= 4 is 17.2 Å². The molecule has 0 radical (unpaired) electrons. The molecule has 4 rings (SSSR count). The number of carbonyl (C=O) groups is 1. The van der Waals surface area contributed by atoms with E-state index in [0.29, 0.717) is 24.4 Å². The number of carbonyl (C=O) groups excluding carboxylic acids is 1. The first-order chi connectivity index (χ1) is 13.5. The van der Waals surface area contributed by atoms with Crippen LogP contribution in [0.5, 0.6) is 0 Å². The molecule has 0 unspecified atom stereocenters. The summed E-state index contributed by atoms with van der Waals surface area (Å²) in [7, 11) is 0. The number of hydrogen-bond donors (Lipinski definition) is 2. The fourth-order valence-corrected chi connectivity index (χ4v) is 4.86. The maximum atomic E-state index is 11.3. The van der Waals surface area contributed by atoms with Gasteiger partial charge in [-0.3, -0.25) is 9.69 Å². The highest BCUT2D eigenvalue weighted by molar-refractivity contribution is 7.15. The van der Waals surface area contributed by atoms with Gasteiger partial charge in [0.1, 0.15) is 0 Å². The molecule has 2 fully saturated rings. The van der Waals surface area contributed by atoms with Gasteiger partial charge in [-0.1, -0.05) is 12.1 Å². The second kappa shape index (κ2) is 8.31. The second-order valence-electron chi connectivity index (χ2n) is 8.43. The van der Waals surface area contributed by atoms with E-state index in [2.05, 4.69) is 47.6 Å². The van der Waals surface area contributed by atoms with Crippen LogP contribution in [0.25, 0.3) is 10.4 Å². The van der Waals surface area contributed by atoms with Gasteiger partial charge in [0.05, 0.1) is 9.88 Å². The van der Waals surface area contributed by atoms with E-state index in [-0.39, 0.29) is 5.91 Å². The van der Waals surface area contributed by atoms with E-state index in [1.807, 2.05) is 17.5 Å². The lowest BCUT2D eigenvalue weighted by atomic mass is 9.90. The Morgan fingerprint density at radius 1 is 1.32 bits per heavy atom. The van der Waals surface area contributed by atoms with E-state index in [4.69, 9.17) is 4.98 Å². The first-order valence-electron chi connectivity index (χ1n) is 10.3. The molecule has 2 aliphatic rings. The lowest BCUT2D eigenvalue weighted by molar-refractivity contribution is -0.119. The highest BCUT2D eigenvalue weighted by Crippen LogP contribution is 2.36. The van der Waals surface area contributed by atoms with Crippen LogP contribution >= 0.6 is 11.3 Å². The minimum Gasteiger partial charge on any atom is -0.352 e. The third-order valence-corrected chi connectivity index (χ3v) is 7.11. The Morgan fingerprint density at radius 2 is 2.11 bits per heavy atom. The van der Waals surface area contributed by atoms with Crippen LogP contribution in [-0.4, -0.2) is 48.0 Å². The molecule has 0 bridgehead atoms. The predicted octanol–water partition coefficient (Wildman–Crippen LogP) is 3.02. The van der Waals surface area contributed by atoms with Gasteiger partial charge in [-0.2, -0.15) is 0 Å². The van der Waals surface area contributed by atoms with E-state index in [1.165, 1.54) is 26.6 Å². The van der Waals surface area contributed by atoms with Crippen LogP contribution in [0.4, 0.5) is 0 Å². The standard InChI is InChI=1S/C22H30N4OS/c1-14(2)26-12-20(13-26)22-25-11-21(28-22)17-4-5-18(10-24-15(3)27)19(7-17)6-16-8-23-9-16/h4-5,7,11,14,16,20,23H,6,8-10,12-13H2,1-3H3,(H,24,27). The number of rotatable bonds is 7. The Labute approximate surface area is 171 Å². The molecular formula is C22H30N4OS. The van der Waals surface area contributed by atoms with Crippen LogP contribution in [-0.2, 0) is 17.8 Å². The minimum absolute atomic E-state index is 0.0170. The van der Waals surface area contributed by atoms with Crippen LogP contribution in [0.2, 0.25) is 0 Å². The lowest BCUT2D eigenvalue weighted by Crippen LogP contribution is -2.48. The summed E-state index contributed by atoms with van der Waals surface area (Å²) < 4.78 is 0. The predicted molar refractivity (Wildman–Crippen MR) is 115 cm³/mol. The number of nitrogens with one attached hydrogen (secondary N) is 2. The molecule has 150 valence electrons. The number of nitrogens with zero attached hydrogens (tertiary/aromatic N) is 2. The number of hydrogen-bond acceptors (Lipinski definition) is 5. The summed E-state index contributed by atoms with van der Waals surface area (Å²) in [6, 6.07) is 7.29. The lowest BCUT2D eigenvalue weighted by Gasteiger charge is -2.41. The van der Waals surface area contributed by atoms with E-state index in [0.717, 1.165) is 32.6 Å². The third kappa shape index (κ3) is 4.29. The van der Waals surface area contributed by atoms with Gasteiger partial charge < -0.3 is 10.6 Å². The smallest absolute Gasteiger partial charge is 0.217 e. The molecule has 2 aromatic rings. The van der Waals surface area contributed by atoms with Crippen molar-refractivity contribution in [2.75, 3.05) is 26.2 Å². The molecule has 28 heavy (non-hydrogen) atoms. The topological polar surface area (TPSA) is 57.3 Å². The molecule has 5 nitrogen and oxygen atoms in total. The highest BCUT2D eigenvalue weighted by atomic mass is 32.1. The van der Waals surface area contributed by atoms with Crippen LogP contribution < -0.4 is 10.6 Å². The van der Waals surface area contributed by atoms with Gasteiger partial charge in [-0.15, -0.1) is 11.3 Å². The normalized spacial score (nSPS) is 18.1. The Hall–Kier alpha value is -1.76. The first kappa shape index (κ1) is 19.6. The average Bonchev–Trinajstić information content (AvgIpc) is 3.04. The number of likely N-dealkylation sites (tertiary alicyclic amines) is 1. The first-order valence-corrected chi connectivity index (χ1v) is 11.1. The molecule has 2 aliphatic heterocycles. The molecule has 2 saturated heterocycles. The van der Waals surface area contributed by atoms with Crippen LogP contribution in [0.1, 0.15) is 42.8 Å². The van der Waals surface area contributed by atoms with Crippen LogP contribution in [0, 0.1) is 5.92 Å². The fourth-order valence-electron chi connectivity index (χ4n) is 3.87. The monoisotopic (exact) mass is 398 g/mol. The van der Waals surface area contributed by atoms with Gasteiger partial charge in [0.15, 0.2) is 0 Å². The quantitative estimate of drug-likeness (QED) is 0.753. The molecule has 0 spiro atoms. The van der Waals surface area contributed by atoms with E-state index >= 15 is 0 Å². The number of amides is 1. The maximum Gasteiger partial charge on any atom is 0.217 e. The number of benzene rings is 1. The Morgan fingerprint density at radius 3 is 2.75 bits per heavy atom. The maximum absolute atomic E-state index is 11.3. The highest BCUT2D eigenvalue weighted by Gasteiger charge is 2.31. The van der Waals surface area contributed by atoms with Crippen molar-refractivity contribution in [1.29, 1.82) is 0 Å². The molecule has 0 atom stereocenters. The minimum atomic E-state index is 0.0170. The summed E-state index contributed by atoms with van der Waals surface area (Å²) in [5.41, 5.74) is 3.82. The third-order valence-electron chi connectivity index (χ3n) is 5.91. The van der Waals surface area contributed by atoms with Gasteiger partial charge in [-0.05, 0) is 62.0 Å². The summed E-state index contributed by atoms with van der Waals surface area (Å²) in [5.74, 6) is 1.30. The molecule has 0 aliphatic carbocycles. The van der Waals surface area contributed by atoms with Gasteiger partial charge in [0.25, 0.3) is 0 Å². The largest absolute Gasteiger partial charge is 0.352 e. The molecular weight excluding hydrogens is 368 g/mol. The van der Waals surface area contributed by atoms with Crippen molar-refractivity contribution in [3.05, 3.63) is 40.5 Å². The van der Waals surface area contributed by atoms with Crippen molar-refractivity contribution in [3.63, 3.8) is 0 Å². The fraction of sp³-hybridized carbons (Fsp3) is 0.545. The van der Waals surface area contributed by atoms with Gasteiger partial charge >= 0.3 is 0 Å². The summed E-state index contributed by atoms with van der Waals surface area (Å²) in [4.78, 5) is 19.8.